The van der Waals surface area contributed by atoms with Gasteiger partial charge in [-0.25, -0.2) is 9.97 Å². The maximum absolute atomic E-state index is 11.1. The quantitative estimate of drug-likeness (QED) is 0.613. The Bertz CT molecular complexity index is 603. The summed E-state index contributed by atoms with van der Waals surface area (Å²) in [6, 6.07) is 6.04. The molecule has 2 rings (SSSR count). The second-order valence-corrected chi connectivity index (χ2v) is 4.68. The Morgan fingerprint density at radius 1 is 1.06 bits per heavy atom. The second-order valence-electron chi connectivity index (χ2n) is 4.32. The smallest absolute Gasteiger partial charge is 0.155 e. The molecular weight excluding hydrogens is 248 g/mol. The number of hydrogen-bond acceptors (Lipinski definition) is 3. The predicted molar refractivity (Wildman–Crippen MR) is 72.1 cm³/mol. The largest absolute Gasteiger partial charge is 0.298 e. The number of carbonyl (C=O) groups excluding carboxylic acids is 1. The van der Waals surface area contributed by atoms with Gasteiger partial charge in [-0.2, -0.15) is 0 Å². The molecule has 0 atom stereocenters. The summed E-state index contributed by atoms with van der Waals surface area (Å²) in [5.74, 6) is 0.555. The van der Waals surface area contributed by atoms with Crippen molar-refractivity contribution in [3.05, 3.63) is 45.9 Å². The van der Waals surface area contributed by atoms with E-state index in [0.717, 1.165) is 16.7 Å². The number of aromatic nitrogens is 2. The zero-order chi connectivity index (χ0) is 13.3. The fraction of sp³-hybridized carbons (Fsp3) is 0.214. The van der Waals surface area contributed by atoms with Gasteiger partial charge in [-0.05, 0) is 32.9 Å². The topological polar surface area (TPSA) is 42.9 Å². The number of carbonyl (C=O) groups is 1. The van der Waals surface area contributed by atoms with Crippen LogP contribution in [0.25, 0.3) is 11.3 Å². The molecule has 0 aliphatic carbocycles. The van der Waals surface area contributed by atoms with Crippen LogP contribution < -0.4 is 0 Å². The highest BCUT2D eigenvalue weighted by Gasteiger charge is 2.13. The van der Waals surface area contributed by atoms with Gasteiger partial charge in [0.15, 0.2) is 6.29 Å². The maximum atomic E-state index is 11.1. The molecule has 0 aliphatic heterocycles. The molecule has 0 saturated heterocycles. The number of nitrogens with zero attached hydrogens (tertiary/aromatic N) is 2. The minimum Gasteiger partial charge on any atom is -0.298 e. The van der Waals surface area contributed by atoms with Crippen LogP contribution in [0.5, 0.6) is 0 Å². The predicted octanol–water partition coefficient (Wildman–Crippen LogP) is 3.53. The van der Waals surface area contributed by atoms with Crippen LogP contribution in [-0.4, -0.2) is 16.3 Å². The van der Waals surface area contributed by atoms with Crippen LogP contribution in [0.2, 0.25) is 5.15 Å². The number of halogens is 1. The molecule has 0 radical (unpaired) electrons. The Morgan fingerprint density at radius 3 is 2.22 bits per heavy atom. The molecule has 0 amide bonds. The van der Waals surface area contributed by atoms with E-state index in [1.807, 2.05) is 26.0 Å². The highest BCUT2D eigenvalue weighted by atomic mass is 35.5. The number of hydrogen-bond donors (Lipinski definition) is 0. The standard InChI is InChI=1S/C14H13ClN2O/c1-8-4-9(2)6-11(5-8)13-12(7-18)14(15)17-10(3)16-13/h4-7H,1-3H3. The second kappa shape index (κ2) is 4.86. The Balaban J connectivity index is 2.73. The van der Waals surface area contributed by atoms with E-state index in [0.29, 0.717) is 23.4 Å². The molecule has 1 aromatic heterocycles. The summed E-state index contributed by atoms with van der Waals surface area (Å²) in [4.78, 5) is 19.5. The van der Waals surface area contributed by atoms with Gasteiger partial charge < -0.3 is 0 Å². The van der Waals surface area contributed by atoms with Crippen LogP contribution in [-0.2, 0) is 0 Å². The molecule has 0 spiro atoms. The fourth-order valence-corrected chi connectivity index (χ4v) is 2.24. The summed E-state index contributed by atoms with van der Waals surface area (Å²) < 4.78 is 0. The minimum atomic E-state index is 0.201. The average molecular weight is 261 g/mol. The maximum Gasteiger partial charge on any atom is 0.155 e. The highest BCUT2D eigenvalue weighted by Crippen LogP contribution is 2.26. The van der Waals surface area contributed by atoms with Gasteiger partial charge in [0.1, 0.15) is 11.0 Å². The van der Waals surface area contributed by atoms with Crippen molar-refractivity contribution in [3.63, 3.8) is 0 Å². The first-order valence-corrected chi connectivity index (χ1v) is 5.97. The number of aryl methyl sites for hydroxylation is 3. The summed E-state index contributed by atoms with van der Waals surface area (Å²) in [5, 5.41) is 0.201. The number of aldehydes is 1. The van der Waals surface area contributed by atoms with Crippen molar-refractivity contribution in [2.24, 2.45) is 0 Å². The van der Waals surface area contributed by atoms with Crippen LogP contribution in [0.1, 0.15) is 27.3 Å². The van der Waals surface area contributed by atoms with Gasteiger partial charge in [-0.3, -0.25) is 4.79 Å². The van der Waals surface area contributed by atoms with Crippen molar-refractivity contribution in [1.82, 2.24) is 9.97 Å². The third kappa shape index (κ3) is 2.41. The van der Waals surface area contributed by atoms with E-state index in [-0.39, 0.29) is 5.15 Å². The first-order valence-electron chi connectivity index (χ1n) is 5.59. The Labute approximate surface area is 111 Å². The van der Waals surface area contributed by atoms with Gasteiger partial charge >= 0.3 is 0 Å². The molecule has 0 aliphatic rings. The monoisotopic (exact) mass is 260 g/mol. The lowest BCUT2D eigenvalue weighted by molar-refractivity contribution is 0.112. The van der Waals surface area contributed by atoms with Crippen molar-refractivity contribution in [2.75, 3.05) is 0 Å². The number of benzene rings is 1. The summed E-state index contributed by atoms with van der Waals surface area (Å²) in [6.07, 6.45) is 0.703. The van der Waals surface area contributed by atoms with Crippen LogP contribution in [0, 0.1) is 20.8 Å². The lowest BCUT2D eigenvalue weighted by atomic mass is 10.0. The lowest BCUT2D eigenvalue weighted by Gasteiger charge is -2.08. The normalized spacial score (nSPS) is 10.4. The number of rotatable bonds is 2. The molecule has 4 heteroatoms. The van der Waals surface area contributed by atoms with Crippen molar-refractivity contribution < 1.29 is 4.79 Å². The van der Waals surface area contributed by atoms with E-state index in [1.54, 1.807) is 6.92 Å². The average Bonchev–Trinajstić information content (AvgIpc) is 2.26. The van der Waals surface area contributed by atoms with Gasteiger partial charge in [0, 0.05) is 5.56 Å². The Morgan fingerprint density at radius 2 is 1.67 bits per heavy atom. The molecule has 3 nitrogen and oxygen atoms in total. The molecule has 1 aromatic carbocycles. The van der Waals surface area contributed by atoms with E-state index < -0.39 is 0 Å². The summed E-state index contributed by atoms with van der Waals surface area (Å²) in [6.45, 7) is 5.77. The fourth-order valence-electron chi connectivity index (χ4n) is 1.98. The van der Waals surface area contributed by atoms with Crippen molar-refractivity contribution in [2.45, 2.75) is 20.8 Å². The molecule has 0 N–H and O–H groups in total. The molecule has 0 fully saturated rings. The Kier molecular flexibility index (Phi) is 3.43. The molecule has 0 unspecified atom stereocenters. The first kappa shape index (κ1) is 12.7. The van der Waals surface area contributed by atoms with Crippen molar-refractivity contribution in [3.8, 4) is 11.3 Å². The van der Waals surface area contributed by atoms with Crippen LogP contribution in [0.4, 0.5) is 0 Å². The van der Waals surface area contributed by atoms with Crippen molar-refractivity contribution >= 4 is 17.9 Å². The van der Waals surface area contributed by atoms with E-state index in [9.17, 15) is 4.79 Å². The Hall–Kier alpha value is -1.74. The van der Waals surface area contributed by atoms with Gasteiger partial charge in [-0.15, -0.1) is 0 Å². The zero-order valence-electron chi connectivity index (χ0n) is 10.5. The molecule has 0 bridgehead atoms. The van der Waals surface area contributed by atoms with Crippen LogP contribution in [0.3, 0.4) is 0 Å². The molecule has 18 heavy (non-hydrogen) atoms. The molecule has 0 saturated carbocycles. The van der Waals surface area contributed by atoms with Gasteiger partial charge in [0.2, 0.25) is 0 Å². The third-order valence-corrected chi connectivity index (χ3v) is 2.91. The van der Waals surface area contributed by atoms with Gasteiger partial charge in [0.25, 0.3) is 0 Å². The van der Waals surface area contributed by atoms with Crippen molar-refractivity contribution in [1.29, 1.82) is 0 Å². The van der Waals surface area contributed by atoms with E-state index in [1.165, 1.54) is 0 Å². The van der Waals surface area contributed by atoms with E-state index >= 15 is 0 Å². The van der Waals surface area contributed by atoms with Crippen LogP contribution >= 0.6 is 11.6 Å². The zero-order valence-corrected chi connectivity index (χ0v) is 11.2. The SMILES string of the molecule is Cc1cc(C)cc(-c2nc(C)nc(Cl)c2C=O)c1. The molecule has 1 heterocycles. The third-order valence-electron chi connectivity index (χ3n) is 2.62. The summed E-state index contributed by atoms with van der Waals surface area (Å²) >= 11 is 5.98. The molecule has 2 aromatic rings. The summed E-state index contributed by atoms with van der Waals surface area (Å²) in [5.41, 5.74) is 4.06. The van der Waals surface area contributed by atoms with Gasteiger partial charge in [0.05, 0.1) is 11.3 Å². The lowest BCUT2D eigenvalue weighted by Crippen LogP contribution is -1.99. The van der Waals surface area contributed by atoms with E-state index in [4.69, 9.17) is 11.6 Å². The van der Waals surface area contributed by atoms with E-state index in [2.05, 4.69) is 16.0 Å². The highest BCUT2D eigenvalue weighted by molar-refractivity contribution is 6.32. The van der Waals surface area contributed by atoms with Crippen LogP contribution in [0.15, 0.2) is 18.2 Å². The summed E-state index contributed by atoms with van der Waals surface area (Å²) in [7, 11) is 0. The van der Waals surface area contributed by atoms with Gasteiger partial charge in [-0.1, -0.05) is 28.8 Å². The molecular formula is C14H13ClN2O. The molecule has 92 valence electrons. The first-order chi connectivity index (χ1) is 8.51. The minimum absolute atomic E-state index is 0.201.